The first-order valence-electron chi connectivity index (χ1n) is 28.9. The van der Waals surface area contributed by atoms with E-state index in [9.17, 15) is 53.7 Å². The second-order valence-corrected chi connectivity index (χ2v) is 27.7. The topological polar surface area (TPSA) is 386 Å². The maximum Gasteiger partial charge on any atom is 0.392 e. The van der Waals surface area contributed by atoms with Crippen LogP contribution in [-0.4, -0.2) is 123 Å². The number of anilines is 1. The van der Waals surface area contributed by atoms with E-state index in [1.54, 1.807) is 70.9 Å². The van der Waals surface area contributed by atoms with E-state index < -0.39 is 90.0 Å². The molecular weight excluding hydrogens is 1320 g/mol. The third kappa shape index (κ3) is 14.6. The average Bonchev–Trinajstić information content (AvgIpc) is 1.72. The lowest BCUT2D eigenvalue weighted by molar-refractivity contribution is -0.144. The van der Waals surface area contributed by atoms with Gasteiger partial charge in [-0.15, -0.1) is 68.0 Å². The number of nitrogens with zero attached hydrogens (tertiary/aromatic N) is 9. The van der Waals surface area contributed by atoms with Crippen molar-refractivity contribution in [3.63, 3.8) is 0 Å². The van der Waals surface area contributed by atoms with Crippen LogP contribution in [0.2, 0.25) is 0 Å². The van der Waals surface area contributed by atoms with Gasteiger partial charge in [-0.05, 0) is 56.2 Å². The number of aliphatic hydroxyl groups excluding tert-OH is 1. The molecule has 1 aromatic carbocycles. The Kier molecular flexibility index (Phi) is 20.1. The molecule has 9 heterocycles. The number of aliphatic carboxylic acids is 1. The summed E-state index contributed by atoms with van der Waals surface area (Å²) in [4.78, 5) is 149. The number of aryl methyl sites for hydroxylation is 1. The summed E-state index contributed by atoms with van der Waals surface area (Å²) in [6.45, 7) is 4.65. The summed E-state index contributed by atoms with van der Waals surface area (Å²) in [6.07, 6.45) is 0.752. The predicted molar refractivity (Wildman–Crippen MR) is 345 cm³/mol. The van der Waals surface area contributed by atoms with E-state index in [0.29, 0.717) is 75.8 Å². The van der Waals surface area contributed by atoms with Crippen LogP contribution in [0, 0.1) is 24.7 Å². The Balaban J connectivity index is 0.988. The Morgan fingerprint density at radius 2 is 1.40 bits per heavy atom. The average molecular weight is 1380 g/mol. The van der Waals surface area contributed by atoms with E-state index in [-0.39, 0.29) is 83.5 Å². The SMILES string of the molecule is CNC(=O)C[C@@H]1NC(=O)c2csc(n2)-c2ccc(-c3nc(N(Cc4coc(C(=O)O)n4)C(=O)C4CCC(C(=O)O)CC4)cs3)nc2-c2csc(n2)-c2csc(n2)[C@H]([C@@H](O)c2ccccc2)NC(=O)CNC(=O)c2nc(sc2COC)[C@H](C(C)C)NC(=O)c2nc1sc2C. The number of methoxy groups -OCH3 is 1. The highest BCUT2D eigenvalue weighted by Crippen LogP contribution is 2.41. The van der Waals surface area contributed by atoms with Crippen LogP contribution in [-0.2, 0) is 37.1 Å². The van der Waals surface area contributed by atoms with Gasteiger partial charge in [0, 0.05) is 52.0 Å². The summed E-state index contributed by atoms with van der Waals surface area (Å²) >= 11 is 6.95. The van der Waals surface area contributed by atoms with Crippen molar-refractivity contribution in [1.82, 2.24) is 66.5 Å². The number of carboxylic acid groups (broad SMARTS) is 2. The highest BCUT2D eigenvalue weighted by Gasteiger charge is 2.36. The smallest absolute Gasteiger partial charge is 0.392 e. The third-order valence-corrected chi connectivity index (χ3v) is 21.0. The molecule has 0 radical (unpaired) electrons. The number of oxazole rings is 1. The maximum atomic E-state index is 14.5. The molecular formula is C60H58N14O13S6. The lowest BCUT2D eigenvalue weighted by Crippen LogP contribution is -2.40. The van der Waals surface area contributed by atoms with Crippen LogP contribution < -0.4 is 31.5 Å². The number of amides is 6. The van der Waals surface area contributed by atoms with Crippen molar-refractivity contribution in [3.8, 4) is 43.4 Å². The van der Waals surface area contributed by atoms with E-state index in [4.69, 9.17) is 44.0 Å². The van der Waals surface area contributed by atoms with Crippen LogP contribution in [0.4, 0.5) is 5.82 Å². The number of hydrogen-bond acceptors (Lipinski definition) is 25. The van der Waals surface area contributed by atoms with Crippen LogP contribution in [0.1, 0.15) is 148 Å². The van der Waals surface area contributed by atoms with Gasteiger partial charge in [0.25, 0.3) is 17.7 Å². The number of ether oxygens (including phenoxy) is 1. The molecule has 1 aliphatic heterocycles. The number of benzene rings is 1. The molecule has 10 bridgehead atoms. The summed E-state index contributed by atoms with van der Waals surface area (Å²) in [7, 11) is 2.91. The second kappa shape index (κ2) is 28.5. The molecule has 482 valence electrons. The van der Waals surface area contributed by atoms with Crippen LogP contribution in [0.3, 0.4) is 0 Å². The maximum absolute atomic E-state index is 14.5. The normalized spacial score (nSPS) is 18.4. The molecule has 33 heteroatoms. The molecule has 1 aliphatic carbocycles. The lowest BCUT2D eigenvalue weighted by Gasteiger charge is -2.29. The molecule has 11 rings (SSSR count). The Morgan fingerprint density at radius 3 is 2.12 bits per heavy atom. The molecule has 6 amide bonds. The monoisotopic (exact) mass is 1370 g/mol. The molecule has 4 atom stereocenters. The number of hydrogen-bond donors (Lipinski definition) is 8. The van der Waals surface area contributed by atoms with Crippen LogP contribution >= 0.6 is 68.0 Å². The number of aromatic carboxylic acids is 1. The number of carbonyl (C=O) groups excluding carboxylic acids is 6. The minimum absolute atomic E-state index is 0.0180. The van der Waals surface area contributed by atoms with Gasteiger partial charge in [-0.3, -0.25) is 38.5 Å². The molecule has 2 aliphatic rings. The second-order valence-electron chi connectivity index (χ2n) is 21.9. The van der Waals surface area contributed by atoms with Gasteiger partial charge in [0.2, 0.25) is 17.7 Å². The number of aromatic nitrogens is 8. The lowest BCUT2D eigenvalue weighted by atomic mass is 9.81. The number of nitrogens with one attached hydrogen (secondary N) is 5. The summed E-state index contributed by atoms with van der Waals surface area (Å²) in [5.74, 6) is -7.54. The number of fused-ring (bicyclic) bond motifs is 14. The Morgan fingerprint density at radius 1 is 0.699 bits per heavy atom. The molecule has 0 saturated heterocycles. The summed E-state index contributed by atoms with van der Waals surface area (Å²) < 4.78 is 10.6. The highest BCUT2D eigenvalue weighted by atomic mass is 32.1. The molecule has 8 aromatic heterocycles. The first kappa shape index (κ1) is 65.5. The van der Waals surface area contributed by atoms with E-state index in [1.807, 2.05) is 13.8 Å². The number of carboxylic acids is 2. The van der Waals surface area contributed by atoms with Gasteiger partial charge in [0.05, 0.1) is 60.4 Å². The van der Waals surface area contributed by atoms with Gasteiger partial charge in [-0.1, -0.05) is 44.2 Å². The molecule has 9 aromatic rings. The van der Waals surface area contributed by atoms with Crippen LogP contribution in [0.25, 0.3) is 43.4 Å². The van der Waals surface area contributed by atoms with E-state index in [1.165, 1.54) is 30.4 Å². The number of pyridine rings is 1. The van der Waals surface area contributed by atoms with Crippen molar-refractivity contribution in [3.05, 3.63) is 129 Å². The Hall–Kier alpha value is -8.96. The zero-order valence-corrected chi connectivity index (χ0v) is 54.9. The number of thiazole rings is 6. The quantitative estimate of drug-likeness (QED) is 0.0506. The van der Waals surface area contributed by atoms with Crippen molar-refractivity contribution in [2.75, 3.05) is 25.6 Å². The van der Waals surface area contributed by atoms with Gasteiger partial charge < -0.3 is 51.1 Å². The summed E-state index contributed by atoms with van der Waals surface area (Å²) in [5, 5.41) is 54.0. The fraction of sp³-hybridized carbons (Fsp3) is 0.333. The first-order chi connectivity index (χ1) is 44.7. The zero-order chi connectivity index (χ0) is 65.8. The van der Waals surface area contributed by atoms with Gasteiger partial charge in [0.1, 0.15) is 88.4 Å². The van der Waals surface area contributed by atoms with Crippen LogP contribution in [0.5, 0.6) is 0 Å². The van der Waals surface area contributed by atoms with E-state index in [2.05, 4.69) is 31.6 Å². The van der Waals surface area contributed by atoms with E-state index in [0.717, 1.165) is 62.9 Å². The third-order valence-electron chi connectivity index (χ3n) is 15.3. The molecule has 0 spiro atoms. The van der Waals surface area contributed by atoms with E-state index >= 15 is 0 Å². The van der Waals surface area contributed by atoms with Crippen molar-refractivity contribution in [2.45, 2.75) is 90.3 Å². The zero-order valence-electron chi connectivity index (χ0n) is 50.0. The molecule has 1 fully saturated rings. The largest absolute Gasteiger partial charge is 0.481 e. The fourth-order valence-corrected chi connectivity index (χ4v) is 16.0. The fourth-order valence-electron chi connectivity index (χ4n) is 10.4. The molecule has 1 saturated carbocycles. The van der Waals surface area contributed by atoms with Crippen molar-refractivity contribution < 1.29 is 62.8 Å². The molecule has 0 unspecified atom stereocenters. The van der Waals surface area contributed by atoms with Crippen LogP contribution in [0.15, 0.2) is 74.7 Å². The Bertz CT molecular complexity index is 4300. The highest BCUT2D eigenvalue weighted by molar-refractivity contribution is 7.15. The Labute approximate surface area is 553 Å². The number of rotatable bonds is 14. The number of carbonyl (C=O) groups is 8. The molecule has 27 nitrogen and oxygen atoms in total. The first-order valence-corrected chi connectivity index (χ1v) is 34.0. The van der Waals surface area contributed by atoms with Gasteiger partial charge in [-0.2, -0.15) is 0 Å². The predicted octanol–water partition coefficient (Wildman–Crippen LogP) is 8.42. The number of aliphatic hydroxyl groups is 1. The standard InChI is InChI=1S/C60H58N14O13S6/c1-26(2)42-57-73-45(38(93-57)21-86-5)49(79)62-18-41(76)70-46(47(77)28-9-7-6-8-10-28)56-68-37(24-90-56)54-66-35(22-89-54)44-32(52-67-36(23-88-52)48(78)65-34(17-40(75)61-4)55-72-43(27(3)92-55)50(80)71-42)15-16-33(64-44)53-69-39(25-91-53)74(19-31-20-87-51(63-31)60(84)85)58(81)29-11-13-30(14-12-29)59(82)83/h6-10,15-16,20,22-26,29-30,34,42,46-47,77H,11-14,17-19,21H2,1-5H3,(H,61,75)(H,62,79)(H,65,78)(H,70,76)(H,71,80)(H,82,83)(H,84,85)/t29?,30?,34-,42-,46-,47-/m0/s1. The molecule has 8 N–H and O–H groups in total. The minimum Gasteiger partial charge on any atom is -0.481 e. The summed E-state index contributed by atoms with van der Waals surface area (Å²) in [5.41, 5.74) is 2.38. The minimum atomic E-state index is -1.40. The van der Waals surface area contributed by atoms with Crippen molar-refractivity contribution >= 4 is 121 Å². The van der Waals surface area contributed by atoms with Gasteiger partial charge in [-0.25, -0.2) is 44.7 Å². The van der Waals surface area contributed by atoms with Crippen molar-refractivity contribution in [1.29, 1.82) is 0 Å². The molecule has 93 heavy (non-hydrogen) atoms. The van der Waals surface area contributed by atoms with Gasteiger partial charge >= 0.3 is 17.8 Å². The summed E-state index contributed by atoms with van der Waals surface area (Å²) in [6, 6.07) is 9.20. The van der Waals surface area contributed by atoms with Crippen molar-refractivity contribution in [2.24, 2.45) is 17.8 Å². The van der Waals surface area contributed by atoms with Gasteiger partial charge in [0.15, 0.2) is 0 Å².